The number of hydrogen-bond donors (Lipinski definition) is 2. The number of anilines is 1. The number of carbonyl (C=O) groups is 1. The van der Waals surface area contributed by atoms with E-state index in [2.05, 4.69) is 31.4 Å². The lowest BCUT2D eigenvalue weighted by Crippen LogP contribution is -2.38. The number of benzene rings is 1. The Kier molecular flexibility index (Phi) is 4.66. The molecular weight excluding hydrogens is 356 g/mol. The van der Waals surface area contributed by atoms with Crippen molar-refractivity contribution in [1.82, 2.24) is 5.32 Å². The molecule has 4 nitrogen and oxygen atoms in total. The number of ether oxygens (including phenoxy) is 1. The van der Waals surface area contributed by atoms with Crippen LogP contribution in [0.4, 0.5) is 5.00 Å². The SMILES string of the molecule is CCOc1ccccc1[C@H]1NC(=O)c2c(sc3c2CC[C@@H](C(C)(C)C)C3)N1. The summed E-state index contributed by atoms with van der Waals surface area (Å²) in [4.78, 5) is 14.3. The van der Waals surface area contributed by atoms with Crippen LogP contribution in [-0.4, -0.2) is 12.5 Å². The molecule has 0 saturated heterocycles. The van der Waals surface area contributed by atoms with Crippen LogP contribution in [0.5, 0.6) is 5.75 Å². The van der Waals surface area contributed by atoms with Crippen molar-refractivity contribution in [2.75, 3.05) is 11.9 Å². The predicted molar refractivity (Wildman–Crippen MR) is 111 cm³/mol. The number of thiophene rings is 1. The molecule has 0 fully saturated rings. The highest BCUT2D eigenvalue weighted by Gasteiger charge is 2.36. The van der Waals surface area contributed by atoms with Gasteiger partial charge in [0.05, 0.1) is 12.2 Å². The zero-order valence-corrected chi connectivity index (χ0v) is 17.3. The minimum Gasteiger partial charge on any atom is -0.493 e. The van der Waals surface area contributed by atoms with Crippen LogP contribution in [0.1, 0.15) is 66.6 Å². The van der Waals surface area contributed by atoms with E-state index >= 15 is 0 Å². The Morgan fingerprint density at radius 3 is 2.74 bits per heavy atom. The van der Waals surface area contributed by atoms with E-state index in [0.717, 1.165) is 41.1 Å². The third kappa shape index (κ3) is 3.33. The predicted octanol–water partition coefficient (Wildman–Crippen LogP) is 5.15. The van der Waals surface area contributed by atoms with E-state index in [1.807, 2.05) is 31.2 Å². The second-order valence-electron chi connectivity index (χ2n) is 8.54. The van der Waals surface area contributed by atoms with Crippen LogP contribution in [-0.2, 0) is 12.8 Å². The Bertz CT molecular complexity index is 866. The first-order chi connectivity index (χ1) is 12.9. The maximum atomic E-state index is 13.0. The van der Waals surface area contributed by atoms with Crippen molar-refractivity contribution in [3.8, 4) is 5.75 Å². The van der Waals surface area contributed by atoms with Crippen molar-refractivity contribution >= 4 is 22.2 Å². The van der Waals surface area contributed by atoms with E-state index in [1.165, 1.54) is 10.4 Å². The summed E-state index contributed by atoms with van der Waals surface area (Å²) < 4.78 is 5.76. The van der Waals surface area contributed by atoms with E-state index in [0.29, 0.717) is 17.9 Å². The van der Waals surface area contributed by atoms with Crippen LogP contribution in [0.2, 0.25) is 0 Å². The van der Waals surface area contributed by atoms with Gasteiger partial charge in [0.15, 0.2) is 0 Å². The van der Waals surface area contributed by atoms with Gasteiger partial charge in [-0.3, -0.25) is 4.79 Å². The molecule has 1 aliphatic carbocycles. The first-order valence-corrected chi connectivity index (χ1v) is 10.6. The van der Waals surface area contributed by atoms with E-state index in [1.54, 1.807) is 11.3 Å². The van der Waals surface area contributed by atoms with Crippen molar-refractivity contribution in [2.45, 2.75) is 53.1 Å². The lowest BCUT2D eigenvalue weighted by atomic mass is 9.72. The van der Waals surface area contributed by atoms with Gasteiger partial charge in [0.25, 0.3) is 5.91 Å². The molecule has 1 aromatic heterocycles. The smallest absolute Gasteiger partial charge is 0.256 e. The normalized spacial score (nSPS) is 21.7. The lowest BCUT2D eigenvalue weighted by Gasteiger charge is -2.34. The molecule has 2 heterocycles. The van der Waals surface area contributed by atoms with Gasteiger partial charge in [0, 0.05) is 10.4 Å². The summed E-state index contributed by atoms with van der Waals surface area (Å²) in [5.74, 6) is 1.52. The molecule has 27 heavy (non-hydrogen) atoms. The third-order valence-electron chi connectivity index (χ3n) is 5.80. The van der Waals surface area contributed by atoms with Gasteiger partial charge in [-0.15, -0.1) is 11.3 Å². The van der Waals surface area contributed by atoms with Crippen molar-refractivity contribution < 1.29 is 9.53 Å². The average molecular weight is 385 g/mol. The maximum absolute atomic E-state index is 13.0. The van der Waals surface area contributed by atoms with Crippen molar-refractivity contribution in [3.63, 3.8) is 0 Å². The Balaban J connectivity index is 1.65. The first kappa shape index (κ1) is 18.4. The fraction of sp³-hybridized carbons (Fsp3) is 0.500. The van der Waals surface area contributed by atoms with E-state index < -0.39 is 0 Å². The van der Waals surface area contributed by atoms with Gasteiger partial charge in [-0.2, -0.15) is 0 Å². The number of para-hydroxylation sites is 1. The van der Waals surface area contributed by atoms with Crippen LogP contribution >= 0.6 is 11.3 Å². The summed E-state index contributed by atoms with van der Waals surface area (Å²) >= 11 is 1.77. The molecule has 0 radical (unpaired) electrons. The minimum atomic E-state index is -0.258. The van der Waals surface area contributed by atoms with E-state index in [9.17, 15) is 4.79 Å². The summed E-state index contributed by atoms with van der Waals surface area (Å²) in [6.07, 6.45) is 2.97. The summed E-state index contributed by atoms with van der Waals surface area (Å²) in [6.45, 7) is 9.54. The number of fused-ring (bicyclic) bond motifs is 3. The number of carbonyl (C=O) groups excluding carboxylic acids is 1. The van der Waals surface area contributed by atoms with Crippen molar-refractivity contribution in [2.24, 2.45) is 11.3 Å². The fourth-order valence-corrected chi connectivity index (χ4v) is 5.55. The molecule has 2 aliphatic rings. The van der Waals surface area contributed by atoms with E-state index in [4.69, 9.17) is 4.74 Å². The zero-order valence-electron chi connectivity index (χ0n) is 16.5. The van der Waals surface area contributed by atoms with Gasteiger partial charge in [-0.25, -0.2) is 0 Å². The Morgan fingerprint density at radius 1 is 1.22 bits per heavy atom. The molecule has 0 spiro atoms. The minimum absolute atomic E-state index is 0.0340. The Hall–Kier alpha value is -2.01. The van der Waals surface area contributed by atoms with Crippen molar-refractivity contribution in [1.29, 1.82) is 0 Å². The van der Waals surface area contributed by atoms with Gasteiger partial charge < -0.3 is 15.4 Å². The summed E-state index contributed by atoms with van der Waals surface area (Å²) in [6, 6.07) is 7.91. The maximum Gasteiger partial charge on any atom is 0.256 e. The van der Waals surface area contributed by atoms with Crippen LogP contribution < -0.4 is 15.4 Å². The summed E-state index contributed by atoms with van der Waals surface area (Å²) in [5, 5.41) is 7.71. The topological polar surface area (TPSA) is 50.4 Å². The second kappa shape index (κ2) is 6.86. The van der Waals surface area contributed by atoms with Crippen molar-refractivity contribution in [3.05, 3.63) is 45.8 Å². The first-order valence-electron chi connectivity index (χ1n) is 9.82. The van der Waals surface area contributed by atoms with Gasteiger partial charge in [-0.1, -0.05) is 39.0 Å². The highest BCUT2D eigenvalue weighted by molar-refractivity contribution is 7.16. The number of rotatable bonds is 3. The Morgan fingerprint density at radius 2 is 2.00 bits per heavy atom. The Labute approximate surface area is 165 Å². The molecule has 4 rings (SSSR count). The van der Waals surface area contributed by atoms with Gasteiger partial charge in [0.1, 0.15) is 16.9 Å². The van der Waals surface area contributed by atoms with Gasteiger partial charge in [-0.05, 0) is 49.1 Å². The van der Waals surface area contributed by atoms with E-state index in [-0.39, 0.29) is 12.1 Å². The van der Waals surface area contributed by atoms with Crippen LogP contribution in [0.25, 0.3) is 0 Å². The number of amides is 1. The molecular formula is C22H28N2O2S. The molecule has 1 aliphatic heterocycles. The highest BCUT2D eigenvalue weighted by Crippen LogP contribution is 2.46. The average Bonchev–Trinajstić information content (AvgIpc) is 2.99. The van der Waals surface area contributed by atoms with Crippen LogP contribution in [0.15, 0.2) is 24.3 Å². The van der Waals surface area contributed by atoms with Gasteiger partial charge >= 0.3 is 0 Å². The molecule has 0 unspecified atom stereocenters. The molecule has 2 atom stereocenters. The molecule has 5 heteroatoms. The van der Waals surface area contributed by atoms with Crippen LogP contribution in [0.3, 0.4) is 0 Å². The standard InChI is InChI=1S/C22H28N2O2S/c1-5-26-16-9-7-6-8-14(16)19-23-20(25)18-15-11-10-13(22(2,3)4)12-17(15)27-21(18)24-19/h6-9,13,19,24H,5,10-12H2,1-4H3,(H,23,25)/t13-,19+/m1/s1. The third-order valence-corrected chi connectivity index (χ3v) is 6.98. The summed E-state index contributed by atoms with van der Waals surface area (Å²) in [7, 11) is 0. The van der Waals surface area contributed by atoms with Gasteiger partial charge in [0.2, 0.25) is 0 Å². The highest BCUT2D eigenvalue weighted by atomic mass is 32.1. The monoisotopic (exact) mass is 384 g/mol. The quantitative estimate of drug-likeness (QED) is 0.769. The molecule has 2 N–H and O–H groups in total. The van der Waals surface area contributed by atoms with Crippen LogP contribution in [0, 0.1) is 11.3 Å². The molecule has 0 saturated carbocycles. The molecule has 0 bridgehead atoms. The molecule has 2 aromatic rings. The fourth-order valence-electron chi connectivity index (χ4n) is 4.20. The largest absolute Gasteiger partial charge is 0.493 e. The molecule has 1 aromatic carbocycles. The molecule has 144 valence electrons. The second-order valence-corrected chi connectivity index (χ2v) is 9.64. The number of nitrogens with one attached hydrogen (secondary N) is 2. The lowest BCUT2D eigenvalue weighted by molar-refractivity contribution is 0.0934. The number of hydrogen-bond acceptors (Lipinski definition) is 4. The summed E-state index contributed by atoms with van der Waals surface area (Å²) in [5.41, 5.74) is 3.40. The molecule has 1 amide bonds. The zero-order chi connectivity index (χ0) is 19.2.